The monoisotopic (exact) mass is 454 g/mol. The summed E-state index contributed by atoms with van der Waals surface area (Å²) in [5.41, 5.74) is 2.24. The van der Waals surface area contributed by atoms with E-state index in [9.17, 15) is 9.59 Å². The van der Waals surface area contributed by atoms with Crippen molar-refractivity contribution in [3.8, 4) is 0 Å². The highest BCUT2D eigenvalue weighted by molar-refractivity contribution is 7.22. The van der Waals surface area contributed by atoms with Crippen molar-refractivity contribution in [2.24, 2.45) is 0 Å². The maximum Gasteiger partial charge on any atom is 0.273 e. The van der Waals surface area contributed by atoms with Crippen LogP contribution < -0.4 is 10.6 Å². The van der Waals surface area contributed by atoms with Crippen LogP contribution in [0.15, 0.2) is 24.3 Å². The molecule has 1 aliphatic heterocycles. The van der Waals surface area contributed by atoms with Gasteiger partial charge in [-0.05, 0) is 65.8 Å². The summed E-state index contributed by atoms with van der Waals surface area (Å²) >= 11 is 1.28. The zero-order valence-corrected chi connectivity index (χ0v) is 19.9. The largest absolute Gasteiger partial charge is 0.349 e. The van der Waals surface area contributed by atoms with Crippen LogP contribution in [0.3, 0.4) is 0 Å². The predicted molar refractivity (Wildman–Crippen MR) is 128 cm³/mol. The Morgan fingerprint density at radius 3 is 2.44 bits per heavy atom. The summed E-state index contributed by atoms with van der Waals surface area (Å²) in [6.45, 7) is 11.6. The predicted octanol–water partition coefficient (Wildman–Crippen LogP) is 3.63. The topological polar surface area (TPSA) is 92.2 Å². The zero-order chi connectivity index (χ0) is 22.9. The first-order chi connectivity index (χ1) is 15.2. The lowest BCUT2D eigenvalue weighted by Crippen LogP contribution is -2.34. The van der Waals surface area contributed by atoms with E-state index in [1.54, 1.807) is 16.8 Å². The van der Waals surface area contributed by atoms with Gasteiger partial charge in [0, 0.05) is 18.7 Å². The minimum absolute atomic E-state index is 0.211. The van der Waals surface area contributed by atoms with Gasteiger partial charge in [-0.3, -0.25) is 14.9 Å². The highest BCUT2D eigenvalue weighted by Gasteiger charge is 2.27. The number of nitrogens with zero attached hydrogens (tertiary/aromatic N) is 4. The normalized spacial score (nSPS) is 14.8. The first-order valence-electron chi connectivity index (χ1n) is 11.0. The molecule has 0 saturated carbocycles. The average Bonchev–Trinajstić information content (AvgIpc) is 3.44. The van der Waals surface area contributed by atoms with E-state index in [0.717, 1.165) is 25.2 Å². The summed E-state index contributed by atoms with van der Waals surface area (Å²) in [5, 5.41) is 10.9. The lowest BCUT2D eigenvalue weighted by atomic mass is 10.1. The summed E-state index contributed by atoms with van der Waals surface area (Å²) in [5.74, 6) is -0.439. The molecular weight excluding hydrogens is 424 g/mol. The fourth-order valence-corrected chi connectivity index (χ4v) is 4.69. The van der Waals surface area contributed by atoms with Crippen molar-refractivity contribution < 1.29 is 9.59 Å². The molecule has 1 aromatic carbocycles. The molecule has 2 aromatic heterocycles. The van der Waals surface area contributed by atoms with E-state index in [0.29, 0.717) is 33.3 Å². The Morgan fingerprint density at radius 1 is 1.09 bits per heavy atom. The molecule has 0 bridgehead atoms. The van der Waals surface area contributed by atoms with Gasteiger partial charge in [0.1, 0.15) is 4.70 Å². The van der Waals surface area contributed by atoms with Crippen LogP contribution in [0.2, 0.25) is 0 Å². The number of aryl methyl sites for hydroxylation is 1. The molecule has 170 valence electrons. The molecule has 0 radical (unpaired) electrons. The molecule has 2 N–H and O–H groups in total. The summed E-state index contributed by atoms with van der Waals surface area (Å²) in [6.07, 6.45) is 2.45. The summed E-state index contributed by atoms with van der Waals surface area (Å²) in [6, 6.07) is 7.37. The number of thiazole rings is 1. The van der Waals surface area contributed by atoms with Crippen molar-refractivity contribution >= 4 is 38.6 Å². The fraction of sp³-hybridized carbons (Fsp3) is 0.478. The number of hydrogen-bond acceptors (Lipinski definition) is 6. The van der Waals surface area contributed by atoms with E-state index in [1.165, 1.54) is 24.2 Å². The lowest BCUT2D eigenvalue weighted by molar-refractivity contribution is 0.0944. The van der Waals surface area contributed by atoms with Crippen LogP contribution in [0.5, 0.6) is 0 Å². The molecule has 0 aliphatic carbocycles. The Hall–Kier alpha value is -2.78. The van der Waals surface area contributed by atoms with Gasteiger partial charge in [-0.25, -0.2) is 4.68 Å². The third-order valence-corrected chi connectivity index (χ3v) is 6.49. The van der Waals surface area contributed by atoms with E-state index >= 15 is 0 Å². The molecule has 32 heavy (non-hydrogen) atoms. The molecular formula is C23H30N6O2S. The molecule has 8 nitrogen and oxygen atoms in total. The van der Waals surface area contributed by atoms with Gasteiger partial charge in [-0.2, -0.15) is 10.1 Å². The number of hydrogen-bond donors (Lipinski definition) is 2. The molecule has 0 unspecified atom stereocenters. The summed E-state index contributed by atoms with van der Waals surface area (Å²) in [7, 11) is 0. The number of nitrogens with one attached hydrogen (secondary N) is 2. The molecule has 0 atom stereocenters. The van der Waals surface area contributed by atoms with Gasteiger partial charge >= 0.3 is 0 Å². The maximum absolute atomic E-state index is 12.9. The highest BCUT2D eigenvalue weighted by Crippen LogP contribution is 2.32. The standard InChI is InChI=1S/C23H30N6O2S/c1-15-7-9-16(10-8-15)20(30)26-22-25-19-18(32-22)17(27-29(19)23(2,3)4)21(31)24-11-14-28-12-5-6-13-28/h7-10H,5-6,11-14H2,1-4H3,(H,24,31)(H,25,26,30). The number of carbonyl (C=O) groups is 2. The number of likely N-dealkylation sites (tertiary alicyclic amines) is 1. The van der Waals surface area contributed by atoms with Crippen LogP contribution in [-0.2, 0) is 5.54 Å². The molecule has 1 fully saturated rings. The van der Waals surface area contributed by atoms with Gasteiger partial charge in [-0.15, -0.1) is 0 Å². The van der Waals surface area contributed by atoms with Crippen LogP contribution in [0, 0.1) is 6.92 Å². The van der Waals surface area contributed by atoms with Gasteiger partial charge in [0.2, 0.25) is 0 Å². The maximum atomic E-state index is 12.9. The van der Waals surface area contributed by atoms with Crippen LogP contribution in [-0.4, -0.2) is 57.7 Å². The molecule has 1 aliphatic rings. The van der Waals surface area contributed by atoms with E-state index < -0.39 is 0 Å². The average molecular weight is 455 g/mol. The second-order valence-electron chi connectivity index (χ2n) is 9.23. The Kier molecular flexibility index (Phi) is 6.30. The number of amides is 2. The van der Waals surface area contributed by atoms with Gasteiger partial charge in [0.15, 0.2) is 16.5 Å². The second-order valence-corrected chi connectivity index (χ2v) is 10.2. The Morgan fingerprint density at radius 2 is 1.78 bits per heavy atom. The van der Waals surface area contributed by atoms with Crippen molar-refractivity contribution in [2.75, 3.05) is 31.5 Å². The molecule has 3 heterocycles. The van der Waals surface area contributed by atoms with Crippen molar-refractivity contribution in [1.29, 1.82) is 0 Å². The number of fused-ring (bicyclic) bond motifs is 1. The van der Waals surface area contributed by atoms with Gasteiger partial charge in [0.05, 0.1) is 5.54 Å². The third kappa shape index (κ3) is 4.83. The van der Waals surface area contributed by atoms with E-state index in [-0.39, 0.29) is 17.4 Å². The van der Waals surface area contributed by atoms with E-state index in [4.69, 9.17) is 0 Å². The van der Waals surface area contributed by atoms with Crippen LogP contribution in [0.1, 0.15) is 60.0 Å². The van der Waals surface area contributed by atoms with E-state index in [2.05, 4.69) is 25.6 Å². The number of rotatable bonds is 6. The van der Waals surface area contributed by atoms with Gasteiger partial charge in [-0.1, -0.05) is 29.0 Å². The lowest BCUT2D eigenvalue weighted by Gasteiger charge is -2.19. The number of aromatic nitrogens is 3. The Bertz CT molecular complexity index is 1120. The van der Waals surface area contributed by atoms with Crippen LogP contribution >= 0.6 is 11.3 Å². The molecule has 0 spiro atoms. The van der Waals surface area contributed by atoms with Crippen molar-refractivity contribution in [1.82, 2.24) is 25.0 Å². The first-order valence-corrected chi connectivity index (χ1v) is 11.8. The SMILES string of the molecule is Cc1ccc(C(=O)Nc2nc3c(s2)c(C(=O)NCCN2CCCC2)nn3C(C)(C)C)cc1. The molecule has 2 amide bonds. The number of anilines is 1. The van der Waals surface area contributed by atoms with Crippen molar-refractivity contribution in [3.05, 3.63) is 41.1 Å². The van der Waals surface area contributed by atoms with Gasteiger partial charge < -0.3 is 10.2 Å². The smallest absolute Gasteiger partial charge is 0.273 e. The van der Waals surface area contributed by atoms with E-state index in [1.807, 2.05) is 39.8 Å². The first kappa shape index (κ1) is 22.4. The molecule has 9 heteroatoms. The minimum atomic E-state index is -0.362. The highest BCUT2D eigenvalue weighted by atomic mass is 32.1. The van der Waals surface area contributed by atoms with Gasteiger partial charge in [0.25, 0.3) is 11.8 Å². The van der Waals surface area contributed by atoms with Crippen LogP contribution in [0.25, 0.3) is 10.3 Å². The fourth-order valence-electron chi connectivity index (χ4n) is 3.76. The Labute approximate surface area is 192 Å². The van der Waals surface area contributed by atoms with Crippen LogP contribution in [0.4, 0.5) is 5.13 Å². The van der Waals surface area contributed by atoms with Crippen molar-refractivity contribution in [3.63, 3.8) is 0 Å². The summed E-state index contributed by atoms with van der Waals surface area (Å²) < 4.78 is 2.44. The van der Waals surface area contributed by atoms with Crippen molar-refractivity contribution in [2.45, 2.75) is 46.1 Å². The minimum Gasteiger partial charge on any atom is -0.349 e. The summed E-state index contributed by atoms with van der Waals surface area (Å²) in [4.78, 5) is 32.5. The second kappa shape index (κ2) is 8.99. The third-order valence-electron chi connectivity index (χ3n) is 5.52. The quantitative estimate of drug-likeness (QED) is 0.593. The Balaban J connectivity index is 1.55. The molecule has 3 aromatic rings. The zero-order valence-electron chi connectivity index (χ0n) is 19.1. The molecule has 1 saturated heterocycles. The number of carbonyl (C=O) groups excluding carboxylic acids is 2. The number of benzene rings is 1. The molecule has 4 rings (SSSR count).